The molecule has 4 rings (SSSR count). The van der Waals surface area contributed by atoms with Crippen LogP contribution in [0.1, 0.15) is 29.9 Å². The van der Waals surface area contributed by atoms with Crippen molar-refractivity contribution in [2.75, 3.05) is 0 Å². The molecule has 1 aromatic carbocycles. The summed E-state index contributed by atoms with van der Waals surface area (Å²) in [6.45, 7) is 0. The molecule has 27 heavy (non-hydrogen) atoms. The Bertz CT molecular complexity index is 953. The molecule has 0 radical (unpaired) electrons. The third-order valence-electron chi connectivity index (χ3n) is 4.67. The predicted molar refractivity (Wildman–Crippen MR) is 101 cm³/mol. The lowest BCUT2D eigenvalue weighted by Crippen LogP contribution is -2.34. The fraction of sp³-hybridized carbons (Fsp3) is 0.263. The van der Waals surface area contributed by atoms with Gasteiger partial charge in [0.25, 0.3) is 5.91 Å². The van der Waals surface area contributed by atoms with E-state index in [9.17, 15) is 9.59 Å². The number of carboxylic acids is 1. The quantitative estimate of drug-likeness (QED) is 0.707. The Kier molecular flexibility index (Phi) is 4.72. The maximum atomic E-state index is 12.7. The molecule has 0 unspecified atom stereocenters. The van der Waals surface area contributed by atoms with Crippen LogP contribution in [0.2, 0.25) is 0 Å². The van der Waals surface area contributed by atoms with E-state index in [1.54, 1.807) is 4.68 Å². The molecular formula is C19H18N4O3S. The number of aromatic nitrogens is 3. The van der Waals surface area contributed by atoms with Crippen LogP contribution in [-0.4, -0.2) is 37.8 Å². The number of thiophene rings is 1. The molecule has 7 nitrogen and oxygen atoms in total. The number of nitrogens with zero attached hydrogens (tertiary/aromatic N) is 3. The normalized spacial score (nSPS) is 19.1. The summed E-state index contributed by atoms with van der Waals surface area (Å²) in [6, 6.07) is 13.2. The summed E-state index contributed by atoms with van der Waals surface area (Å²) >= 11 is 1.53. The lowest BCUT2D eigenvalue weighted by atomic mass is 10.1. The summed E-state index contributed by atoms with van der Waals surface area (Å²) in [5.41, 5.74) is 0.819. The van der Waals surface area contributed by atoms with Crippen molar-refractivity contribution in [3.05, 3.63) is 53.7 Å². The van der Waals surface area contributed by atoms with E-state index < -0.39 is 11.9 Å². The topological polar surface area (TPSA) is 97.1 Å². The minimum atomic E-state index is -0.807. The van der Waals surface area contributed by atoms with E-state index >= 15 is 0 Å². The largest absolute Gasteiger partial charge is 0.481 e. The van der Waals surface area contributed by atoms with Crippen LogP contribution in [0.15, 0.2) is 47.8 Å². The molecule has 2 N–H and O–H groups in total. The van der Waals surface area contributed by atoms with E-state index in [-0.39, 0.29) is 17.8 Å². The number of carbonyl (C=O) groups excluding carboxylic acids is 1. The van der Waals surface area contributed by atoms with E-state index in [0.29, 0.717) is 25.1 Å². The SMILES string of the molecule is O=C(N[C@H]1CC[C@@H](C(=O)O)C1)c1nc(-c2cccs2)n(-c2ccccc2)n1. The molecule has 0 aliphatic heterocycles. The van der Waals surface area contributed by atoms with Gasteiger partial charge >= 0.3 is 5.97 Å². The van der Waals surface area contributed by atoms with Crippen molar-refractivity contribution in [3.63, 3.8) is 0 Å². The van der Waals surface area contributed by atoms with Gasteiger partial charge in [-0.2, -0.15) is 0 Å². The van der Waals surface area contributed by atoms with Crippen molar-refractivity contribution < 1.29 is 14.7 Å². The molecule has 3 aromatic rings. The maximum Gasteiger partial charge on any atom is 0.306 e. The van der Waals surface area contributed by atoms with E-state index in [4.69, 9.17) is 5.11 Å². The molecule has 0 spiro atoms. The molecule has 0 saturated heterocycles. The van der Waals surface area contributed by atoms with Gasteiger partial charge in [0, 0.05) is 6.04 Å². The smallest absolute Gasteiger partial charge is 0.306 e. The van der Waals surface area contributed by atoms with Crippen LogP contribution in [-0.2, 0) is 4.79 Å². The number of amides is 1. The van der Waals surface area contributed by atoms with Gasteiger partial charge in [0.15, 0.2) is 5.82 Å². The summed E-state index contributed by atoms with van der Waals surface area (Å²) in [7, 11) is 0. The minimum absolute atomic E-state index is 0.0843. The molecule has 2 heterocycles. The molecule has 2 aromatic heterocycles. The van der Waals surface area contributed by atoms with Crippen LogP contribution in [0.25, 0.3) is 16.4 Å². The maximum absolute atomic E-state index is 12.7. The number of nitrogens with one attached hydrogen (secondary N) is 1. The summed E-state index contributed by atoms with van der Waals surface area (Å²) < 4.78 is 1.66. The Morgan fingerprint density at radius 2 is 1.96 bits per heavy atom. The zero-order valence-corrected chi connectivity index (χ0v) is 15.2. The first-order chi connectivity index (χ1) is 13.1. The Morgan fingerprint density at radius 3 is 2.63 bits per heavy atom. The van der Waals surface area contributed by atoms with Gasteiger partial charge < -0.3 is 10.4 Å². The first-order valence-electron chi connectivity index (χ1n) is 8.72. The Balaban J connectivity index is 1.60. The molecule has 8 heteroatoms. The van der Waals surface area contributed by atoms with E-state index in [1.807, 2.05) is 47.8 Å². The Labute approximate surface area is 159 Å². The highest BCUT2D eigenvalue weighted by atomic mass is 32.1. The molecule has 1 amide bonds. The van der Waals surface area contributed by atoms with Crippen molar-refractivity contribution in [2.45, 2.75) is 25.3 Å². The van der Waals surface area contributed by atoms with Crippen molar-refractivity contribution in [2.24, 2.45) is 5.92 Å². The number of carbonyl (C=O) groups is 2. The van der Waals surface area contributed by atoms with E-state index in [1.165, 1.54) is 11.3 Å². The Hall–Kier alpha value is -3.00. The van der Waals surface area contributed by atoms with Gasteiger partial charge in [0.2, 0.25) is 5.82 Å². The van der Waals surface area contributed by atoms with Crippen LogP contribution in [0, 0.1) is 5.92 Å². The van der Waals surface area contributed by atoms with Gasteiger partial charge in [-0.15, -0.1) is 16.4 Å². The second-order valence-electron chi connectivity index (χ2n) is 6.50. The van der Waals surface area contributed by atoms with Gasteiger partial charge in [0.1, 0.15) is 0 Å². The molecule has 2 atom stereocenters. The summed E-state index contributed by atoms with van der Waals surface area (Å²) in [5.74, 6) is -0.888. The highest BCUT2D eigenvalue weighted by molar-refractivity contribution is 7.13. The highest BCUT2D eigenvalue weighted by Gasteiger charge is 2.31. The predicted octanol–water partition coefficient (Wildman–Crippen LogP) is 2.98. The second kappa shape index (κ2) is 7.32. The van der Waals surface area contributed by atoms with Gasteiger partial charge in [-0.3, -0.25) is 9.59 Å². The number of para-hydroxylation sites is 1. The molecule has 1 aliphatic rings. The van der Waals surface area contributed by atoms with Crippen molar-refractivity contribution in [3.8, 4) is 16.4 Å². The first-order valence-corrected chi connectivity index (χ1v) is 9.60. The average molecular weight is 382 g/mol. The first kappa shape index (κ1) is 17.4. The highest BCUT2D eigenvalue weighted by Crippen LogP contribution is 2.27. The zero-order valence-electron chi connectivity index (χ0n) is 14.4. The lowest BCUT2D eigenvalue weighted by molar-refractivity contribution is -0.141. The number of rotatable bonds is 5. The van der Waals surface area contributed by atoms with Crippen molar-refractivity contribution >= 4 is 23.2 Å². The lowest BCUT2D eigenvalue weighted by Gasteiger charge is -2.10. The third kappa shape index (κ3) is 3.61. The number of hydrogen-bond acceptors (Lipinski definition) is 5. The van der Waals surface area contributed by atoms with Crippen LogP contribution in [0.4, 0.5) is 0 Å². The van der Waals surface area contributed by atoms with Crippen LogP contribution >= 0.6 is 11.3 Å². The number of hydrogen-bond donors (Lipinski definition) is 2. The monoisotopic (exact) mass is 382 g/mol. The zero-order chi connectivity index (χ0) is 18.8. The molecule has 1 aliphatic carbocycles. The third-order valence-corrected chi connectivity index (χ3v) is 5.54. The Morgan fingerprint density at radius 1 is 1.15 bits per heavy atom. The second-order valence-corrected chi connectivity index (χ2v) is 7.45. The van der Waals surface area contributed by atoms with E-state index in [0.717, 1.165) is 10.6 Å². The number of benzene rings is 1. The molecule has 1 saturated carbocycles. The summed E-state index contributed by atoms with van der Waals surface area (Å²) in [5, 5.41) is 18.4. The number of carboxylic acid groups (broad SMARTS) is 1. The molecule has 0 bridgehead atoms. The van der Waals surface area contributed by atoms with Gasteiger partial charge in [0.05, 0.1) is 16.5 Å². The molecular weight excluding hydrogens is 364 g/mol. The van der Waals surface area contributed by atoms with Crippen molar-refractivity contribution in [1.29, 1.82) is 0 Å². The summed E-state index contributed by atoms with van der Waals surface area (Å²) in [6.07, 6.45) is 1.67. The fourth-order valence-electron chi connectivity index (χ4n) is 3.31. The van der Waals surface area contributed by atoms with E-state index in [2.05, 4.69) is 15.4 Å². The van der Waals surface area contributed by atoms with Gasteiger partial charge in [-0.05, 0) is 42.8 Å². The molecule has 138 valence electrons. The van der Waals surface area contributed by atoms with Crippen LogP contribution in [0.5, 0.6) is 0 Å². The van der Waals surface area contributed by atoms with Crippen LogP contribution in [0.3, 0.4) is 0 Å². The van der Waals surface area contributed by atoms with Gasteiger partial charge in [-0.25, -0.2) is 9.67 Å². The minimum Gasteiger partial charge on any atom is -0.481 e. The van der Waals surface area contributed by atoms with Gasteiger partial charge in [-0.1, -0.05) is 24.3 Å². The average Bonchev–Trinajstić information content (AvgIpc) is 3.42. The van der Waals surface area contributed by atoms with Crippen LogP contribution < -0.4 is 5.32 Å². The van der Waals surface area contributed by atoms with Crippen molar-refractivity contribution in [1.82, 2.24) is 20.1 Å². The summed E-state index contributed by atoms with van der Waals surface area (Å²) in [4.78, 5) is 29.1. The molecule has 1 fully saturated rings. The standard InChI is InChI=1S/C19H18N4O3S/c24-18(20-13-9-8-12(11-13)19(25)26)16-21-17(15-7-4-10-27-15)23(22-16)14-5-2-1-3-6-14/h1-7,10,12-13H,8-9,11H2,(H,20,24)(H,25,26)/t12-,13+/m1/s1. The number of aliphatic carboxylic acids is 1. The fourth-order valence-corrected chi connectivity index (χ4v) is 4.01.